The van der Waals surface area contributed by atoms with Gasteiger partial charge in [0.05, 0.1) is 0 Å². The second-order valence-corrected chi connectivity index (χ2v) is 3.54. The van der Waals surface area contributed by atoms with E-state index in [-0.39, 0.29) is 5.56 Å². The van der Waals surface area contributed by atoms with Crippen LogP contribution in [0.25, 0.3) is 0 Å². The van der Waals surface area contributed by atoms with Crippen LogP contribution in [0.15, 0.2) is 10.9 Å². The molecule has 0 atom stereocenters. The molecule has 1 N–H and O–H groups in total. The van der Waals surface area contributed by atoms with Gasteiger partial charge in [0.15, 0.2) is 0 Å². The summed E-state index contributed by atoms with van der Waals surface area (Å²) in [6.45, 7) is 4.22. The van der Waals surface area contributed by atoms with Gasteiger partial charge in [0, 0.05) is 18.2 Å². The Morgan fingerprint density at radius 1 is 1.29 bits per heavy atom. The Morgan fingerprint density at radius 2 is 2.07 bits per heavy atom. The molecule has 78 valence electrons. The van der Waals surface area contributed by atoms with Crippen LogP contribution in [0.2, 0.25) is 0 Å². The lowest BCUT2D eigenvalue weighted by atomic mass is 10.2. The van der Waals surface area contributed by atoms with Gasteiger partial charge >= 0.3 is 0 Å². The van der Waals surface area contributed by atoms with Crippen molar-refractivity contribution in [3.63, 3.8) is 0 Å². The topological polar surface area (TPSA) is 45.8 Å². The first kappa shape index (κ1) is 11.0. The van der Waals surface area contributed by atoms with Crippen molar-refractivity contribution in [1.29, 1.82) is 0 Å². The van der Waals surface area contributed by atoms with Crippen molar-refractivity contribution in [3.05, 3.63) is 27.9 Å². The largest absolute Gasteiger partial charge is 0.311 e. The minimum absolute atomic E-state index is 0.0189. The molecule has 1 heterocycles. The maximum atomic E-state index is 11.3. The van der Waals surface area contributed by atoms with Gasteiger partial charge in [-0.05, 0) is 12.8 Å². The van der Waals surface area contributed by atoms with E-state index < -0.39 is 0 Å². The SMILES string of the molecule is CCCCc1nc(CCC)cc(=O)[nH]1. The van der Waals surface area contributed by atoms with Gasteiger partial charge in [-0.25, -0.2) is 4.98 Å². The van der Waals surface area contributed by atoms with Crippen LogP contribution in [-0.2, 0) is 12.8 Å². The summed E-state index contributed by atoms with van der Waals surface area (Å²) in [4.78, 5) is 18.4. The van der Waals surface area contributed by atoms with Gasteiger partial charge in [-0.3, -0.25) is 4.79 Å². The molecule has 0 aromatic carbocycles. The Hall–Kier alpha value is -1.12. The third-order valence-corrected chi connectivity index (χ3v) is 2.12. The number of aryl methyl sites for hydroxylation is 2. The van der Waals surface area contributed by atoms with Gasteiger partial charge < -0.3 is 4.98 Å². The number of nitrogens with one attached hydrogen (secondary N) is 1. The highest BCUT2D eigenvalue weighted by atomic mass is 16.1. The number of aromatic nitrogens is 2. The molecule has 1 aromatic rings. The molecule has 0 aliphatic rings. The molecule has 0 spiro atoms. The summed E-state index contributed by atoms with van der Waals surface area (Å²) in [6.07, 6.45) is 5.01. The lowest BCUT2D eigenvalue weighted by Crippen LogP contribution is -2.12. The van der Waals surface area contributed by atoms with Crippen molar-refractivity contribution in [1.82, 2.24) is 9.97 Å². The van der Waals surface area contributed by atoms with Gasteiger partial charge in [0.2, 0.25) is 0 Å². The maximum absolute atomic E-state index is 11.3. The van der Waals surface area contributed by atoms with E-state index >= 15 is 0 Å². The number of unbranched alkanes of at least 4 members (excludes halogenated alkanes) is 1. The summed E-state index contributed by atoms with van der Waals surface area (Å²) in [5.74, 6) is 0.836. The number of aromatic amines is 1. The van der Waals surface area contributed by atoms with E-state index in [1.54, 1.807) is 6.07 Å². The van der Waals surface area contributed by atoms with Gasteiger partial charge in [-0.2, -0.15) is 0 Å². The summed E-state index contributed by atoms with van der Waals surface area (Å²) >= 11 is 0. The van der Waals surface area contributed by atoms with Gasteiger partial charge in [0.25, 0.3) is 5.56 Å². The predicted octanol–water partition coefficient (Wildman–Crippen LogP) is 2.06. The first-order valence-electron chi connectivity index (χ1n) is 5.35. The average molecular weight is 194 g/mol. The number of H-pyrrole nitrogens is 1. The maximum Gasteiger partial charge on any atom is 0.251 e. The van der Waals surface area contributed by atoms with Crippen LogP contribution >= 0.6 is 0 Å². The van der Waals surface area contributed by atoms with E-state index in [2.05, 4.69) is 23.8 Å². The Labute approximate surface area is 84.6 Å². The first-order valence-corrected chi connectivity index (χ1v) is 5.35. The Morgan fingerprint density at radius 3 is 2.71 bits per heavy atom. The van der Waals surface area contributed by atoms with Crippen molar-refractivity contribution in [2.75, 3.05) is 0 Å². The highest BCUT2D eigenvalue weighted by molar-refractivity contribution is 5.03. The smallest absolute Gasteiger partial charge is 0.251 e. The van der Waals surface area contributed by atoms with Crippen molar-refractivity contribution < 1.29 is 0 Å². The molecule has 0 radical (unpaired) electrons. The lowest BCUT2D eigenvalue weighted by molar-refractivity contribution is 0.732. The summed E-state index contributed by atoms with van der Waals surface area (Å²) in [6, 6.07) is 1.60. The summed E-state index contributed by atoms with van der Waals surface area (Å²) in [5, 5.41) is 0. The van der Waals surface area contributed by atoms with Crippen LogP contribution in [0.4, 0.5) is 0 Å². The van der Waals surface area contributed by atoms with Crippen LogP contribution in [-0.4, -0.2) is 9.97 Å². The standard InChI is InChI=1S/C11H18N2O/c1-3-5-7-10-12-9(6-4-2)8-11(14)13-10/h8H,3-7H2,1-2H3,(H,12,13,14). The number of hydrogen-bond donors (Lipinski definition) is 1. The van der Waals surface area contributed by atoms with E-state index in [0.717, 1.165) is 43.6 Å². The quantitative estimate of drug-likeness (QED) is 0.779. The molecule has 0 aliphatic carbocycles. The zero-order valence-corrected chi connectivity index (χ0v) is 8.97. The highest BCUT2D eigenvalue weighted by Crippen LogP contribution is 2.00. The minimum atomic E-state index is -0.0189. The van der Waals surface area contributed by atoms with Crippen molar-refractivity contribution in [3.8, 4) is 0 Å². The first-order chi connectivity index (χ1) is 6.76. The molecular weight excluding hydrogens is 176 g/mol. The Kier molecular flexibility index (Phi) is 4.36. The van der Waals surface area contributed by atoms with Crippen molar-refractivity contribution in [2.24, 2.45) is 0 Å². The van der Waals surface area contributed by atoms with E-state index in [9.17, 15) is 4.79 Å². The van der Waals surface area contributed by atoms with E-state index in [0.29, 0.717) is 0 Å². The third-order valence-electron chi connectivity index (χ3n) is 2.12. The number of hydrogen-bond acceptors (Lipinski definition) is 2. The Balaban J connectivity index is 2.78. The van der Waals surface area contributed by atoms with Crippen LogP contribution in [0.3, 0.4) is 0 Å². The summed E-state index contributed by atoms with van der Waals surface area (Å²) in [7, 11) is 0. The summed E-state index contributed by atoms with van der Waals surface area (Å²) in [5.41, 5.74) is 0.900. The molecule has 14 heavy (non-hydrogen) atoms. The van der Waals surface area contributed by atoms with Gasteiger partial charge in [0.1, 0.15) is 5.82 Å². The predicted molar refractivity (Wildman–Crippen MR) is 57.5 cm³/mol. The monoisotopic (exact) mass is 194 g/mol. The second-order valence-electron chi connectivity index (χ2n) is 3.54. The number of rotatable bonds is 5. The van der Waals surface area contributed by atoms with Crippen LogP contribution in [0.5, 0.6) is 0 Å². The Bertz CT molecular complexity index is 330. The summed E-state index contributed by atoms with van der Waals surface area (Å²) < 4.78 is 0. The molecule has 1 rings (SSSR count). The zero-order valence-electron chi connectivity index (χ0n) is 8.97. The zero-order chi connectivity index (χ0) is 10.4. The fourth-order valence-electron chi connectivity index (χ4n) is 1.41. The number of nitrogens with zero attached hydrogens (tertiary/aromatic N) is 1. The second kappa shape index (κ2) is 5.58. The van der Waals surface area contributed by atoms with E-state index in [1.165, 1.54) is 0 Å². The fraction of sp³-hybridized carbons (Fsp3) is 0.636. The molecular formula is C11H18N2O. The fourth-order valence-corrected chi connectivity index (χ4v) is 1.41. The molecule has 0 saturated heterocycles. The van der Waals surface area contributed by atoms with Crippen LogP contribution in [0, 0.1) is 0 Å². The van der Waals surface area contributed by atoms with Crippen molar-refractivity contribution in [2.45, 2.75) is 46.0 Å². The van der Waals surface area contributed by atoms with E-state index in [4.69, 9.17) is 0 Å². The third kappa shape index (κ3) is 3.32. The minimum Gasteiger partial charge on any atom is -0.311 e. The van der Waals surface area contributed by atoms with E-state index in [1.807, 2.05) is 0 Å². The molecule has 0 amide bonds. The molecule has 0 fully saturated rings. The van der Waals surface area contributed by atoms with Crippen LogP contribution < -0.4 is 5.56 Å². The molecule has 0 saturated carbocycles. The van der Waals surface area contributed by atoms with Gasteiger partial charge in [-0.15, -0.1) is 0 Å². The van der Waals surface area contributed by atoms with Crippen LogP contribution in [0.1, 0.15) is 44.6 Å². The average Bonchev–Trinajstić information content (AvgIpc) is 2.14. The highest BCUT2D eigenvalue weighted by Gasteiger charge is 1.99. The molecule has 3 nitrogen and oxygen atoms in total. The lowest BCUT2D eigenvalue weighted by Gasteiger charge is -2.02. The molecule has 0 unspecified atom stereocenters. The molecule has 1 aromatic heterocycles. The molecule has 3 heteroatoms. The van der Waals surface area contributed by atoms with Gasteiger partial charge in [-0.1, -0.05) is 26.7 Å². The normalized spacial score (nSPS) is 10.4. The molecule has 0 aliphatic heterocycles. The van der Waals surface area contributed by atoms with Crippen molar-refractivity contribution >= 4 is 0 Å². The molecule has 0 bridgehead atoms.